The van der Waals surface area contributed by atoms with E-state index in [2.05, 4.69) is 32.1 Å². The minimum Gasteiger partial charge on any atom is -0.488 e. The first-order valence-corrected chi connectivity index (χ1v) is 16.1. The van der Waals surface area contributed by atoms with Gasteiger partial charge in [0.1, 0.15) is 6.61 Å². The van der Waals surface area contributed by atoms with Crippen LogP contribution in [-0.4, -0.2) is 69.4 Å². The summed E-state index contributed by atoms with van der Waals surface area (Å²) < 4.78 is 53.3. The quantitative estimate of drug-likeness (QED) is 0.188. The van der Waals surface area contributed by atoms with Crippen LogP contribution in [0.4, 0.5) is 18.9 Å². The number of amides is 1. The van der Waals surface area contributed by atoms with E-state index >= 15 is 0 Å². The number of anilines is 1. The van der Waals surface area contributed by atoms with Gasteiger partial charge in [0.05, 0.1) is 43.1 Å². The number of ether oxygens (including phenoxy) is 2. The molecule has 2 aliphatic rings. The Balaban J connectivity index is 1.01. The van der Waals surface area contributed by atoms with Gasteiger partial charge >= 0.3 is 6.18 Å². The van der Waals surface area contributed by atoms with Crippen molar-refractivity contribution in [3.05, 3.63) is 102 Å². The molecule has 0 unspecified atom stereocenters. The van der Waals surface area contributed by atoms with Crippen molar-refractivity contribution in [3.8, 4) is 17.1 Å². The number of fused-ring (bicyclic) bond motifs is 2. The molecule has 2 aromatic heterocycles. The molecular formula is C36H35F3N6O3. The number of rotatable bonds is 8. The van der Waals surface area contributed by atoms with Crippen LogP contribution in [0.15, 0.2) is 79.1 Å². The number of aromatic nitrogens is 4. The van der Waals surface area contributed by atoms with Gasteiger partial charge in [-0.25, -0.2) is 9.97 Å². The molecule has 5 aromatic rings. The van der Waals surface area contributed by atoms with Crippen molar-refractivity contribution in [2.75, 3.05) is 37.7 Å². The molecule has 1 saturated heterocycles. The smallest absolute Gasteiger partial charge is 0.416 e. The first kappa shape index (κ1) is 31.8. The maximum Gasteiger partial charge on any atom is 0.416 e. The highest BCUT2D eigenvalue weighted by Crippen LogP contribution is 2.33. The van der Waals surface area contributed by atoms with Crippen LogP contribution in [0.2, 0.25) is 0 Å². The lowest BCUT2D eigenvalue weighted by Crippen LogP contribution is -2.39. The van der Waals surface area contributed by atoms with E-state index in [-0.39, 0.29) is 12.0 Å². The fourth-order valence-corrected chi connectivity index (χ4v) is 6.34. The van der Waals surface area contributed by atoms with E-state index in [0.717, 1.165) is 55.9 Å². The highest BCUT2D eigenvalue weighted by Gasteiger charge is 2.32. The number of carbonyl (C=O) groups is 1. The number of aryl methyl sites for hydroxylation is 1. The van der Waals surface area contributed by atoms with Gasteiger partial charge in [-0.2, -0.15) is 18.3 Å². The van der Waals surface area contributed by atoms with Crippen LogP contribution in [0.25, 0.3) is 22.3 Å². The highest BCUT2D eigenvalue weighted by atomic mass is 19.4. The monoisotopic (exact) mass is 656 g/mol. The summed E-state index contributed by atoms with van der Waals surface area (Å²) in [5.41, 5.74) is 3.51. The Hall–Kier alpha value is -4.81. The maximum absolute atomic E-state index is 14.0. The van der Waals surface area contributed by atoms with Gasteiger partial charge in [0.25, 0.3) is 5.91 Å². The SMILES string of the molecule is Cc1cc(-c2ncc3cc(C(F)(F)F)ccc3n2)ccc1N1CCOc2cnn(CCN3CCC(OCc4ccccc4)CC3)c2C1=O. The van der Waals surface area contributed by atoms with E-state index in [1.165, 1.54) is 17.8 Å². The zero-order chi connectivity index (χ0) is 33.3. The summed E-state index contributed by atoms with van der Waals surface area (Å²) in [6, 6.07) is 19.2. The molecule has 0 spiro atoms. The number of hydrogen-bond donors (Lipinski definition) is 0. The van der Waals surface area contributed by atoms with E-state index in [9.17, 15) is 18.0 Å². The zero-order valence-electron chi connectivity index (χ0n) is 26.5. The van der Waals surface area contributed by atoms with Gasteiger partial charge in [-0.1, -0.05) is 30.3 Å². The van der Waals surface area contributed by atoms with Gasteiger partial charge in [-0.3, -0.25) is 9.48 Å². The minimum absolute atomic E-state index is 0.189. The molecule has 7 rings (SSSR count). The molecule has 0 bridgehead atoms. The van der Waals surface area contributed by atoms with Gasteiger partial charge in [0.2, 0.25) is 0 Å². The van der Waals surface area contributed by atoms with Crippen molar-refractivity contribution in [2.45, 2.75) is 45.2 Å². The molecule has 3 aromatic carbocycles. The second kappa shape index (κ2) is 13.4. The van der Waals surface area contributed by atoms with Gasteiger partial charge in [-0.05, 0) is 67.3 Å². The summed E-state index contributed by atoms with van der Waals surface area (Å²) in [5.74, 6) is 0.670. The molecule has 4 heterocycles. The molecule has 0 aliphatic carbocycles. The maximum atomic E-state index is 14.0. The Morgan fingerprint density at radius 2 is 1.77 bits per heavy atom. The number of halogens is 3. The predicted octanol–water partition coefficient (Wildman–Crippen LogP) is 6.54. The summed E-state index contributed by atoms with van der Waals surface area (Å²) >= 11 is 0. The zero-order valence-corrected chi connectivity index (χ0v) is 26.5. The summed E-state index contributed by atoms with van der Waals surface area (Å²) in [7, 11) is 0. The van der Waals surface area contributed by atoms with Crippen molar-refractivity contribution in [1.82, 2.24) is 24.6 Å². The fraction of sp³-hybridized carbons (Fsp3) is 0.333. The van der Waals surface area contributed by atoms with E-state index < -0.39 is 11.7 Å². The molecule has 248 valence electrons. The third-order valence-corrected chi connectivity index (χ3v) is 8.97. The average molecular weight is 657 g/mol. The lowest BCUT2D eigenvalue weighted by Gasteiger charge is -2.32. The number of hydrogen-bond acceptors (Lipinski definition) is 7. The normalized spacial score (nSPS) is 16.2. The van der Waals surface area contributed by atoms with Crippen LogP contribution >= 0.6 is 0 Å². The summed E-state index contributed by atoms with van der Waals surface area (Å²) in [6.07, 6.45) is 0.725. The van der Waals surface area contributed by atoms with Crippen LogP contribution in [0, 0.1) is 6.92 Å². The van der Waals surface area contributed by atoms with Crippen molar-refractivity contribution in [1.29, 1.82) is 0 Å². The minimum atomic E-state index is -4.44. The van der Waals surface area contributed by atoms with Gasteiger partial charge in [-0.15, -0.1) is 0 Å². The standard InChI is InChI=1S/C36H35F3N6O3/c1-24-19-26(34-40-21-27-20-28(36(37,38)39)8-9-30(27)42-34)7-10-31(24)44-17-18-47-32-22-41-45(33(32)35(44)46)16-15-43-13-11-29(12-14-43)48-23-25-5-3-2-4-6-25/h2-10,19-22,29H,11-18,23H2,1H3. The molecule has 9 nitrogen and oxygen atoms in total. The average Bonchev–Trinajstić information content (AvgIpc) is 3.43. The van der Waals surface area contributed by atoms with Gasteiger partial charge in [0, 0.05) is 42.5 Å². The van der Waals surface area contributed by atoms with E-state index in [1.54, 1.807) is 15.8 Å². The first-order valence-electron chi connectivity index (χ1n) is 16.1. The number of carbonyl (C=O) groups excluding carboxylic acids is 1. The van der Waals surface area contributed by atoms with Crippen LogP contribution in [-0.2, 0) is 24.1 Å². The van der Waals surface area contributed by atoms with Crippen LogP contribution in [0.1, 0.15) is 40.0 Å². The Morgan fingerprint density at radius 1 is 0.958 bits per heavy atom. The van der Waals surface area contributed by atoms with E-state index in [4.69, 9.17) is 9.47 Å². The Morgan fingerprint density at radius 3 is 2.54 bits per heavy atom. The molecule has 0 radical (unpaired) electrons. The third kappa shape index (κ3) is 6.76. The molecule has 1 fully saturated rings. The third-order valence-electron chi connectivity index (χ3n) is 8.97. The molecular weight excluding hydrogens is 621 g/mol. The predicted molar refractivity (Wildman–Crippen MR) is 175 cm³/mol. The highest BCUT2D eigenvalue weighted by molar-refractivity contribution is 6.07. The Kier molecular flexibility index (Phi) is 8.84. The lowest BCUT2D eigenvalue weighted by molar-refractivity contribution is -0.137. The topological polar surface area (TPSA) is 85.6 Å². The van der Waals surface area contributed by atoms with Crippen LogP contribution in [0.5, 0.6) is 5.75 Å². The van der Waals surface area contributed by atoms with Crippen molar-refractivity contribution in [3.63, 3.8) is 0 Å². The molecule has 12 heteroatoms. The van der Waals surface area contributed by atoms with Crippen LogP contribution < -0.4 is 9.64 Å². The fourth-order valence-electron chi connectivity index (χ4n) is 6.34. The molecule has 0 saturated carbocycles. The molecule has 1 amide bonds. The number of nitrogens with zero attached hydrogens (tertiary/aromatic N) is 6. The largest absolute Gasteiger partial charge is 0.488 e. The summed E-state index contributed by atoms with van der Waals surface area (Å²) in [6.45, 7) is 6.34. The summed E-state index contributed by atoms with van der Waals surface area (Å²) in [5, 5.41) is 4.82. The van der Waals surface area contributed by atoms with E-state index in [0.29, 0.717) is 60.0 Å². The number of piperidine rings is 1. The van der Waals surface area contributed by atoms with Gasteiger partial charge < -0.3 is 19.3 Å². The van der Waals surface area contributed by atoms with Crippen LogP contribution in [0.3, 0.4) is 0 Å². The van der Waals surface area contributed by atoms with Crippen molar-refractivity contribution >= 4 is 22.5 Å². The Labute approximate surface area is 275 Å². The Bertz CT molecular complexity index is 1920. The number of alkyl halides is 3. The number of likely N-dealkylation sites (tertiary alicyclic amines) is 1. The number of benzene rings is 3. The second-order valence-electron chi connectivity index (χ2n) is 12.2. The lowest BCUT2D eigenvalue weighted by atomic mass is 10.1. The summed E-state index contributed by atoms with van der Waals surface area (Å²) in [4.78, 5) is 26.9. The van der Waals surface area contributed by atoms with Gasteiger partial charge in [0.15, 0.2) is 17.3 Å². The van der Waals surface area contributed by atoms with Crippen molar-refractivity contribution < 1.29 is 27.4 Å². The molecule has 0 N–H and O–H groups in total. The van der Waals surface area contributed by atoms with E-state index in [1.807, 2.05) is 43.3 Å². The van der Waals surface area contributed by atoms with Crippen molar-refractivity contribution in [2.24, 2.45) is 0 Å². The molecule has 0 atom stereocenters. The second-order valence-corrected chi connectivity index (χ2v) is 12.2. The first-order chi connectivity index (χ1) is 23.2. The molecule has 2 aliphatic heterocycles. The molecule has 48 heavy (non-hydrogen) atoms.